The van der Waals surface area contributed by atoms with Crippen molar-refractivity contribution in [1.29, 1.82) is 0 Å². The highest BCUT2D eigenvalue weighted by atomic mass is 16.5. The molecule has 1 saturated heterocycles. The number of aryl methyl sites for hydroxylation is 1. The molecule has 1 aromatic carbocycles. The van der Waals surface area contributed by atoms with E-state index in [4.69, 9.17) is 0 Å². The fourth-order valence-corrected chi connectivity index (χ4v) is 5.89. The summed E-state index contributed by atoms with van der Waals surface area (Å²) < 4.78 is 4.65. The summed E-state index contributed by atoms with van der Waals surface area (Å²) in [7, 11) is 1.11. The van der Waals surface area contributed by atoms with E-state index in [1.807, 2.05) is 6.08 Å². The van der Waals surface area contributed by atoms with Gasteiger partial charge in [0.25, 0.3) is 0 Å². The molecule has 0 bridgehead atoms. The van der Waals surface area contributed by atoms with Crippen molar-refractivity contribution in [3.05, 3.63) is 63.8 Å². The number of allylic oxidation sites excluding steroid dienone is 6. The van der Waals surface area contributed by atoms with Crippen LogP contribution in [-0.4, -0.2) is 46.6 Å². The van der Waals surface area contributed by atoms with Crippen LogP contribution < -0.4 is 0 Å². The monoisotopic (exact) mass is 461 g/mol. The number of imide groups is 3. The van der Waals surface area contributed by atoms with E-state index in [9.17, 15) is 29.1 Å². The number of hydrogen-bond donors (Lipinski definition) is 1. The highest BCUT2D eigenvalue weighted by Gasteiger charge is 2.58. The van der Waals surface area contributed by atoms with Gasteiger partial charge < -0.3 is 9.84 Å². The summed E-state index contributed by atoms with van der Waals surface area (Å²) in [5.74, 6) is -4.30. The summed E-state index contributed by atoms with van der Waals surface area (Å²) in [5.41, 5.74) is 3.17. The molecule has 3 amide bonds. The van der Waals surface area contributed by atoms with Gasteiger partial charge in [-0.2, -0.15) is 4.90 Å². The van der Waals surface area contributed by atoms with E-state index in [-0.39, 0.29) is 30.2 Å². The zero-order chi connectivity index (χ0) is 24.5. The number of carbonyl (C=O) groups excluding carboxylic acids is 5. The Hall–Kier alpha value is -3.81. The number of phenolic OH excluding ortho intramolecular Hbond substituents is 1. The van der Waals surface area contributed by atoms with Crippen molar-refractivity contribution < 1.29 is 33.8 Å². The predicted octanol–water partition coefficient (Wildman–Crippen LogP) is 2.90. The molecule has 3 aliphatic carbocycles. The second-order valence-corrected chi connectivity index (χ2v) is 9.26. The second-order valence-electron chi connectivity index (χ2n) is 9.26. The maximum atomic E-state index is 13.3. The van der Waals surface area contributed by atoms with E-state index >= 15 is 0 Å². The topological polar surface area (TPSA) is 118 Å². The normalized spacial score (nSPS) is 28.3. The third-order valence-corrected chi connectivity index (χ3v) is 7.47. The summed E-state index contributed by atoms with van der Waals surface area (Å²) in [6.07, 6.45) is 2.57. The van der Waals surface area contributed by atoms with Gasteiger partial charge in [0, 0.05) is 22.6 Å². The van der Waals surface area contributed by atoms with Crippen molar-refractivity contribution in [2.75, 3.05) is 7.11 Å². The lowest BCUT2D eigenvalue weighted by Gasteiger charge is -2.42. The molecule has 1 aromatic rings. The number of benzene rings is 1. The lowest BCUT2D eigenvalue weighted by Crippen LogP contribution is -2.40. The van der Waals surface area contributed by atoms with E-state index in [0.717, 1.165) is 12.7 Å². The average Bonchev–Trinajstić information content (AvgIpc) is 3.07. The first-order valence-electron chi connectivity index (χ1n) is 11.1. The number of methoxy groups -OCH3 is 1. The number of Topliss-reactive ketones (excluding diaryl/α,β-unsaturated/α-hetero) is 1. The largest absolute Gasteiger partial charge is 0.508 e. The van der Waals surface area contributed by atoms with Crippen molar-refractivity contribution in [2.45, 2.75) is 32.6 Å². The van der Waals surface area contributed by atoms with Crippen LogP contribution in [-0.2, 0) is 23.9 Å². The van der Waals surface area contributed by atoms with E-state index in [1.54, 1.807) is 32.0 Å². The van der Waals surface area contributed by atoms with Gasteiger partial charge in [0.2, 0.25) is 11.8 Å². The maximum absolute atomic E-state index is 13.3. The molecule has 0 spiro atoms. The molecule has 1 fully saturated rings. The van der Waals surface area contributed by atoms with Crippen LogP contribution in [0, 0.1) is 24.7 Å². The van der Waals surface area contributed by atoms with Crippen LogP contribution >= 0.6 is 0 Å². The zero-order valence-electron chi connectivity index (χ0n) is 19.0. The Balaban J connectivity index is 1.68. The molecule has 174 valence electrons. The van der Waals surface area contributed by atoms with Gasteiger partial charge in [0.05, 0.1) is 18.9 Å². The lowest BCUT2D eigenvalue weighted by molar-refractivity contribution is -0.137. The second kappa shape index (κ2) is 7.62. The van der Waals surface area contributed by atoms with Crippen molar-refractivity contribution in [3.8, 4) is 5.75 Å². The summed E-state index contributed by atoms with van der Waals surface area (Å²) in [4.78, 5) is 65.3. The average molecular weight is 461 g/mol. The van der Waals surface area contributed by atoms with Crippen LogP contribution in [0.3, 0.4) is 0 Å². The van der Waals surface area contributed by atoms with Crippen molar-refractivity contribution in [3.63, 3.8) is 0 Å². The smallest absolute Gasteiger partial charge is 0.423 e. The third kappa shape index (κ3) is 2.94. The van der Waals surface area contributed by atoms with Crippen molar-refractivity contribution in [1.82, 2.24) is 4.90 Å². The molecular weight excluding hydrogens is 438 g/mol. The lowest BCUT2D eigenvalue weighted by atomic mass is 9.59. The molecule has 4 unspecified atom stereocenters. The number of hydrogen-bond acceptors (Lipinski definition) is 7. The number of fused-ring (bicyclic) bond motifs is 3. The number of likely N-dealkylation sites (tertiary alicyclic amines) is 1. The third-order valence-electron chi connectivity index (χ3n) is 7.47. The summed E-state index contributed by atoms with van der Waals surface area (Å²) >= 11 is 0. The Kier molecular flexibility index (Phi) is 4.93. The highest BCUT2D eigenvalue weighted by Crippen LogP contribution is 2.55. The van der Waals surface area contributed by atoms with E-state index in [1.165, 1.54) is 6.08 Å². The number of rotatable bonds is 1. The SMILES string of the molecule is COC(=O)N1C(=O)C2CC=C3C(c4ccc(O)c(C)c4)C4=C(CC3C2C1=O)C(=O)C(C)=CC4=O. The summed E-state index contributed by atoms with van der Waals surface area (Å²) in [6, 6.07) is 5.02. The molecular formula is C26H23NO7. The molecule has 5 rings (SSSR count). The number of ketones is 2. The van der Waals surface area contributed by atoms with Crippen LogP contribution in [0.5, 0.6) is 5.75 Å². The van der Waals surface area contributed by atoms with Crippen LogP contribution in [0.4, 0.5) is 4.79 Å². The zero-order valence-corrected chi connectivity index (χ0v) is 19.0. The first-order chi connectivity index (χ1) is 16.1. The fraction of sp³-hybridized carbons (Fsp3) is 0.346. The number of aromatic hydroxyl groups is 1. The minimum absolute atomic E-state index is 0.107. The minimum Gasteiger partial charge on any atom is -0.508 e. The van der Waals surface area contributed by atoms with E-state index < -0.39 is 41.6 Å². The molecule has 8 heteroatoms. The summed E-state index contributed by atoms with van der Waals surface area (Å²) in [6.45, 7) is 3.33. The van der Waals surface area contributed by atoms with Crippen LogP contribution in [0.25, 0.3) is 0 Å². The number of nitrogens with zero attached hydrogens (tertiary/aromatic N) is 1. The standard InChI is InChI=1S/C26H23NO7/c1-11-8-13(4-7-18(11)28)20-14-5-6-15-21(25(32)27(24(15)31)26(33)34-3)16(14)10-17-22(20)19(29)9-12(2)23(17)30/h4-5,7-9,15-16,20-21,28H,6,10H2,1-3H3. The highest BCUT2D eigenvalue weighted by molar-refractivity contribution is 6.24. The fourth-order valence-electron chi connectivity index (χ4n) is 5.89. The van der Waals surface area contributed by atoms with Gasteiger partial charge in [-0.25, -0.2) is 4.79 Å². The molecule has 4 aliphatic rings. The molecule has 0 aromatic heterocycles. The Morgan fingerprint density at radius 2 is 1.82 bits per heavy atom. The number of amides is 3. The Morgan fingerprint density at radius 1 is 1.09 bits per heavy atom. The minimum atomic E-state index is -1.02. The quantitative estimate of drug-likeness (QED) is 0.388. The van der Waals surface area contributed by atoms with E-state index in [0.29, 0.717) is 32.7 Å². The Bertz CT molecular complexity index is 1300. The first-order valence-corrected chi connectivity index (χ1v) is 11.1. The van der Waals surface area contributed by atoms with Crippen molar-refractivity contribution in [2.24, 2.45) is 17.8 Å². The Labute approximate surface area is 195 Å². The predicted molar refractivity (Wildman–Crippen MR) is 118 cm³/mol. The molecule has 0 saturated carbocycles. The van der Waals surface area contributed by atoms with Gasteiger partial charge in [0.1, 0.15) is 5.75 Å². The molecule has 1 N–H and O–H groups in total. The molecule has 34 heavy (non-hydrogen) atoms. The molecule has 8 nitrogen and oxygen atoms in total. The van der Waals surface area contributed by atoms with Gasteiger partial charge in [-0.1, -0.05) is 23.8 Å². The number of phenols is 1. The van der Waals surface area contributed by atoms with Gasteiger partial charge in [0.15, 0.2) is 11.6 Å². The van der Waals surface area contributed by atoms with Crippen LogP contribution in [0.15, 0.2) is 52.6 Å². The van der Waals surface area contributed by atoms with Crippen molar-refractivity contribution >= 4 is 29.5 Å². The summed E-state index contributed by atoms with van der Waals surface area (Å²) in [5, 5.41) is 10.0. The molecule has 1 aliphatic heterocycles. The number of ether oxygens (including phenoxy) is 1. The maximum Gasteiger partial charge on any atom is 0.423 e. The van der Waals surface area contributed by atoms with Gasteiger partial charge in [-0.15, -0.1) is 0 Å². The van der Waals surface area contributed by atoms with E-state index in [2.05, 4.69) is 4.74 Å². The number of carbonyl (C=O) groups is 5. The molecule has 1 heterocycles. The molecule has 0 radical (unpaired) electrons. The first kappa shape index (κ1) is 22.0. The van der Waals surface area contributed by atoms with Gasteiger partial charge in [-0.3, -0.25) is 19.2 Å². The van der Waals surface area contributed by atoms with Gasteiger partial charge >= 0.3 is 6.09 Å². The van der Waals surface area contributed by atoms with Gasteiger partial charge in [-0.05, 0) is 55.9 Å². The van der Waals surface area contributed by atoms with Crippen LogP contribution in [0.1, 0.15) is 36.8 Å². The molecule has 4 atom stereocenters. The Morgan fingerprint density at radius 3 is 2.50 bits per heavy atom. The van der Waals surface area contributed by atoms with Crippen LogP contribution in [0.2, 0.25) is 0 Å².